The van der Waals surface area contributed by atoms with E-state index in [1.165, 1.54) is 17.3 Å². The standard InChI is InChI=1S/C18H17NO2S/c20-18(21)14-22-17(12-11-15-7-3-1-4-8-15)13-19-16-9-5-2-6-10-16/h1-10,12-13H,11,14H2,(H,20,21)/b17-12-,19-13+. The minimum absolute atomic E-state index is 0.0292. The molecular formula is C18H17NO2S. The predicted molar refractivity (Wildman–Crippen MR) is 92.9 cm³/mol. The number of thioether (sulfide) groups is 1. The Labute approximate surface area is 134 Å². The van der Waals surface area contributed by atoms with Crippen LogP contribution in [0.4, 0.5) is 5.69 Å². The van der Waals surface area contributed by atoms with Crippen LogP contribution in [-0.2, 0) is 11.2 Å². The van der Waals surface area contributed by atoms with Gasteiger partial charge >= 0.3 is 5.97 Å². The van der Waals surface area contributed by atoms with Gasteiger partial charge in [-0.05, 0) is 24.1 Å². The van der Waals surface area contributed by atoms with Gasteiger partial charge < -0.3 is 5.11 Å². The molecule has 0 unspecified atom stereocenters. The molecule has 0 amide bonds. The van der Waals surface area contributed by atoms with Gasteiger partial charge in [0.25, 0.3) is 0 Å². The molecule has 22 heavy (non-hydrogen) atoms. The Balaban J connectivity index is 2.08. The molecule has 0 spiro atoms. The number of hydrogen-bond acceptors (Lipinski definition) is 3. The Morgan fingerprint density at radius 1 is 1.05 bits per heavy atom. The van der Waals surface area contributed by atoms with Gasteiger partial charge in [0, 0.05) is 11.1 Å². The van der Waals surface area contributed by atoms with E-state index in [1.807, 2.05) is 66.7 Å². The van der Waals surface area contributed by atoms with E-state index in [4.69, 9.17) is 5.11 Å². The number of carbonyl (C=O) groups is 1. The number of allylic oxidation sites excluding steroid dienone is 2. The molecule has 0 saturated carbocycles. The molecule has 0 atom stereocenters. The number of rotatable bonds is 7. The summed E-state index contributed by atoms with van der Waals surface area (Å²) in [6.07, 6.45) is 4.49. The smallest absolute Gasteiger partial charge is 0.313 e. The van der Waals surface area contributed by atoms with Crippen molar-refractivity contribution >= 4 is 29.6 Å². The maximum Gasteiger partial charge on any atom is 0.313 e. The maximum atomic E-state index is 10.8. The Morgan fingerprint density at radius 2 is 1.68 bits per heavy atom. The number of aliphatic carboxylic acids is 1. The van der Waals surface area contributed by atoms with Crippen LogP contribution < -0.4 is 0 Å². The Hall–Kier alpha value is -2.33. The molecule has 4 heteroatoms. The van der Waals surface area contributed by atoms with Crippen LogP contribution in [-0.4, -0.2) is 23.0 Å². The number of carboxylic acid groups (broad SMARTS) is 1. The summed E-state index contributed by atoms with van der Waals surface area (Å²) >= 11 is 1.28. The Kier molecular flexibility index (Phi) is 6.45. The van der Waals surface area contributed by atoms with Crippen LogP contribution in [0.1, 0.15) is 5.56 Å². The maximum absolute atomic E-state index is 10.8. The first-order valence-corrected chi connectivity index (χ1v) is 7.90. The molecule has 2 aromatic rings. The number of benzene rings is 2. The second-order valence-corrected chi connectivity index (χ2v) is 5.62. The van der Waals surface area contributed by atoms with Crippen LogP contribution in [0.5, 0.6) is 0 Å². The van der Waals surface area contributed by atoms with Crippen molar-refractivity contribution in [1.82, 2.24) is 0 Å². The largest absolute Gasteiger partial charge is 0.481 e. The van der Waals surface area contributed by atoms with Crippen LogP contribution in [0, 0.1) is 0 Å². The van der Waals surface area contributed by atoms with Crippen molar-refractivity contribution in [2.24, 2.45) is 4.99 Å². The lowest BCUT2D eigenvalue weighted by Crippen LogP contribution is -1.98. The van der Waals surface area contributed by atoms with E-state index < -0.39 is 5.97 Å². The number of hydrogen-bond donors (Lipinski definition) is 1. The normalized spacial score (nSPS) is 11.7. The molecule has 0 radical (unpaired) electrons. The lowest BCUT2D eigenvalue weighted by molar-refractivity contribution is -0.133. The third kappa shape index (κ3) is 5.97. The first kappa shape index (κ1) is 16.0. The van der Waals surface area contributed by atoms with Crippen LogP contribution in [0.3, 0.4) is 0 Å². The van der Waals surface area contributed by atoms with Crippen molar-refractivity contribution < 1.29 is 9.90 Å². The molecule has 0 aliphatic rings. The summed E-state index contributed by atoms with van der Waals surface area (Å²) in [6.45, 7) is 0. The fourth-order valence-electron chi connectivity index (χ4n) is 1.78. The van der Waals surface area contributed by atoms with Gasteiger partial charge in [0.2, 0.25) is 0 Å². The monoisotopic (exact) mass is 311 g/mol. The van der Waals surface area contributed by atoms with Crippen LogP contribution in [0.25, 0.3) is 0 Å². The number of para-hydroxylation sites is 1. The fraction of sp³-hybridized carbons (Fsp3) is 0.111. The van der Waals surface area contributed by atoms with Gasteiger partial charge in [0.1, 0.15) is 0 Å². The summed E-state index contributed by atoms with van der Waals surface area (Å²) < 4.78 is 0. The van der Waals surface area contributed by atoms with E-state index in [0.717, 1.165) is 17.0 Å². The van der Waals surface area contributed by atoms with E-state index in [0.29, 0.717) is 0 Å². The molecular weight excluding hydrogens is 294 g/mol. The topological polar surface area (TPSA) is 49.7 Å². The predicted octanol–water partition coefficient (Wildman–Crippen LogP) is 4.33. The highest BCUT2D eigenvalue weighted by molar-refractivity contribution is 8.04. The van der Waals surface area contributed by atoms with E-state index in [1.54, 1.807) is 6.21 Å². The van der Waals surface area contributed by atoms with Gasteiger partial charge in [-0.25, -0.2) is 0 Å². The zero-order valence-electron chi connectivity index (χ0n) is 12.1. The average Bonchev–Trinajstić information content (AvgIpc) is 2.56. The van der Waals surface area contributed by atoms with Crippen molar-refractivity contribution in [2.45, 2.75) is 6.42 Å². The minimum atomic E-state index is -0.830. The molecule has 0 aliphatic heterocycles. The summed E-state index contributed by atoms with van der Waals surface area (Å²) in [7, 11) is 0. The van der Waals surface area contributed by atoms with Gasteiger partial charge in [-0.3, -0.25) is 9.79 Å². The second-order valence-electron chi connectivity index (χ2n) is 4.57. The highest BCUT2D eigenvalue weighted by Gasteiger charge is 2.01. The summed E-state index contributed by atoms with van der Waals surface area (Å²) in [4.78, 5) is 16.0. The molecule has 1 N–H and O–H groups in total. The van der Waals surface area contributed by atoms with Crippen molar-refractivity contribution in [3.63, 3.8) is 0 Å². The van der Waals surface area contributed by atoms with E-state index >= 15 is 0 Å². The molecule has 112 valence electrons. The van der Waals surface area contributed by atoms with E-state index in [2.05, 4.69) is 4.99 Å². The van der Waals surface area contributed by atoms with Gasteiger partial charge in [-0.15, -0.1) is 11.8 Å². The van der Waals surface area contributed by atoms with Crippen molar-refractivity contribution in [1.29, 1.82) is 0 Å². The van der Waals surface area contributed by atoms with Gasteiger partial charge in [-0.1, -0.05) is 54.6 Å². The van der Waals surface area contributed by atoms with Gasteiger partial charge in [0.05, 0.1) is 11.4 Å². The first-order valence-electron chi connectivity index (χ1n) is 6.92. The van der Waals surface area contributed by atoms with Crippen molar-refractivity contribution in [3.05, 3.63) is 77.2 Å². The van der Waals surface area contributed by atoms with Gasteiger partial charge in [-0.2, -0.15) is 0 Å². The molecule has 0 heterocycles. The molecule has 2 rings (SSSR count). The zero-order valence-corrected chi connectivity index (χ0v) is 12.9. The van der Waals surface area contributed by atoms with Crippen molar-refractivity contribution in [2.75, 3.05) is 5.75 Å². The van der Waals surface area contributed by atoms with Crippen LogP contribution in [0.15, 0.2) is 76.6 Å². The Morgan fingerprint density at radius 3 is 2.32 bits per heavy atom. The molecule has 0 aromatic heterocycles. The summed E-state index contributed by atoms with van der Waals surface area (Å²) in [5.41, 5.74) is 2.04. The molecule has 0 saturated heterocycles. The zero-order chi connectivity index (χ0) is 15.6. The molecule has 0 bridgehead atoms. The third-order valence-corrected chi connectivity index (χ3v) is 3.84. The average molecular weight is 311 g/mol. The lowest BCUT2D eigenvalue weighted by atomic mass is 10.1. The SMILES string of the molecule is O=C(O)CSC(=C\Cc1ccccc1)/C=N/c1ccccc1. The number of nitrogens with zero attached hydrogens (tertiary/aromatic N) is 1. The molecule has 2 aromatic carbocycles. The van der Waals surface area contributed by atoms with Gasteiger partial charge in [0.15, 0.2) is 0 Å². The quantitative estimate of drug-likeness (QED) is 0.774. The molecule has 0 aliphatic carbocycles. The summed E-state index contributed by atoms with van der Waals surface area (Å²) in [5.74, 6) is -0.801. The molecule has 3 nitrogen and oxygen atoms in total. The molecule has 0 fully saturated rings. The number of aliphatic imine (C=N–C) groups is 1. The van der Waals surface area contributed by atoms with E-state index in [9.17, 15) is 4.79 Å². The third-order valence-electron chi connectivity index (χ3n) is 2.84. The summed E-state index contributed by atoms with van der Waals surface area (Å²) in [5, 5.41) is 8.84. The highest BCUT2D eigenvalue weighted by atomic mass is 32.2. The van der Waals surface area contributed by atoms with Crippen LogP contribution in [0.2, 0.25) is 0 Å². The lowest BCUT2D eigenvalue weighted by Gasteiger charge is -2.01. The van der Waals surface area contributed by atoms with Crippen LogP contribution >= 0.6 is 11.8 Å². The first-order chi connectivity index (χ1) is 10.7. The summed E-state index contributed by atoms with van der Waals surface area (Å²) in [6, 6.07) is 19.6. The Bertz CT molecular complexity index is 651. The fourth-order valence-corrected chi connectivity index (χ4v) is 2.40. The second kappa shape index (κ2) is 8.85. The highest BCUT2D eigenvalue weighted by Crippen LogP contribution is 2.17. The minimum Gasteiger partial charge on any atom is -0.481 e. The number of carboxylic acids is 1. The van der Waals surface area contributed by atoms with E-state index in [-0.39, 0.29) is 5.75 Å². The van der Waals surface area contributed by atoms with Crippen molar-refractivity contribution in [3.8, 4) is 0 Å².